The predicted molar refractivity (Wildman–Crippen MR) is 66.2 cm³/mol. The van der Waals surface area contributed by atoms with Gasteiger partial charge < -0.3 is 4.74 Å². The van der Waals surface area contributed by atoms with E-state index in [1.807, 2.05) is 0 Å². The molecular weight excluding hydrogens is 206 g/mol. The Bertz CT molecular complexity index is 331. The molecule has 1 aliphatic carbocycles. The SMILES string of the molecule is CSC1=CC=CC1C1=N[C@@H](C(C)C)CO1. The van der Waals surface area contributed by atoms with E-state index in [0.717, 1.165) is 12.5 Å². The third-order valence-corrected chi connectivity index (χ3v) is 3.70. The standard InChI is InChI=1S/C12H17NOS/c1-8(2)10-7-14-12(13-10)9-5-4-6-11(9)15-3/h4-6,8-10H,7H2,1-3H3/t9?,10-/m1/s1. The van der Waals surface area contributed by atoms with E-state index in [9.17, 15) is 0 Å². The summed E-state index contributed by atoms with van der Waals surface area (Å²) in [4.78, 5) is 5.99. The zero-order valence-electron chi connectivity index (χ0n) is 9.43. The molecule has 1 aliphatic heterocycles. The average molecular weight is 223 g/mol. The molecule has 0 fully saturated rings. The van der Waals surface area contributed by atoms with Gasteiger partial charge in [0, 0.05) is 4.91 Å². The van der Waals surface area contributed by atoms with Gasteiger partial charge in [-0.3, -0.25) is 0 Å². The molecular formula is C12H17NOS. The zero-order chi connectivity index (χ0) is 10.8. The number of rotatable bonds is 3. The molecule has 1 heterocycles. The molecule has 0 spiro atoms. The highest BCUT2D eigenvalue weighted by molar-refractivity contribution is 8.02. The van der Waals surface area contributed by atoms with E-state index in [2.05, 4.69) is 43.3 Å². The van der Waals surface area contributed by atoms with E-state index in [1.165, 1.54) is 4.91 Å². The van der Waals surface area contributed by atoms with Crippen LogP contribution in [0.3, 0.4) is 0 Å². The quantitative estimate of drug-likeness (QED) is 0.733. The number of hydrogen-bond acceptors (Lipinski definition) is 3. The summed E-state index contributed by atoms with van der Waals surface area (Å²) >= 11 is 1.77. The second-order valence-corrected chi connectivity index (χ2v) is 5.11. The Morgan fingerprint density at radius 3 is 2.93 bits per heavy atom. The summed E-state index contributed by atoms with van der Waals surface area (Å²) in [7, 11) is 0. The maximum absolute atomic E-state index is 5.69. The van der Waals surface area contributed by atoms with Crippen LogP contribution in [0.5, 0.6) is 0 Å². The lowest BCUT2D eigenvalue weighted by atomic mass is 10.1. The molecule has 2 nitrogen and oxygen atoms in total. The Morgan fingerprint density at radius 2 is 2.33 bits per heavy atom. The highest BCUT2D eigenvalue weighted by Gasteiger charge is 2.29. The van der Waals surface area contributed by atoms with Gasteiger partial charge >= 0.3 is 0 Å². The number of ether oxygens (including phenoxy) is 1. The molecule has 0 saturated carbocycles. The Morgan fingerprint density at radius 1 is 1.53 bits per heavy atom. The highest BCUT2D eigenvalue weighted by atomic mass is 32.2. The van der Waals surface area contributed by atoms with E-state index >= 15 is 0 Å². The summed E-state index contributed by atoms with van der Waals surface area (Å²) in [6.07, 6.45) is 8.49. The fourth-order valence-corrected chi connectivity index (χ4v) is 2.43. The Balaban J connectivity index is 2.10. The third kappa shape index (κ3) is 2.12. The molecule has 2 aliphatic rings. The van der Waals surface area contributed by atoms with Gasteiger partial charge in [0.05, 0.1) is 12.0 Å². The molecule has 2 rings (SSSR count). The third-order valence-electron chi connectivity index (χ3n) is 2.84. The van der Waals surface area contributed by atoms with Crippen molar-refractivity contribution >= 4 is 17.7 Å². The van der Waals surface area contributed by atoms with Gasteiger partial charge in [-0.1, -0.05) is 32.1 Å². The van der Waals surface area contributed by atoms with Crippen LogP contribution < -0.4 is 0 Å². The Kier molecular flexibility index (Phi) is 3.19. The molecule has 82 valence electrons. The van der Waals surface area contributed by atoms with Crippen LogP contribution in [0.1, 0.15) is 13.8 Å². The maximum atomic E-state index is 5.69. The van der Waals surface area contributed by atoms with Crippen LogP contribution in [0.25, 0.3) is 0 Å². The molecule has 0 N–H and O–H groups in total. The Hall–Kier alpha value is -0.700. The first-order chi connectivity index (χ1) is 7.22. The van der Waals surface area contributed by atoms with Gasteiger partial charge in [0.25, 0.3) is 0 Å². The first-order valence-corrected chi connectivity index (χ1v) is 6.57. The first-order valence-electron chi connectivity index (χ1n) is 5.35. The molecule has 15 heavy (non-hydrogen) atoms. The van der Waals surface area contributed by atoms with Crippen molar-refractivity contribution in [3.05, 3.63) is 23.1 Å². The van der Waals surface area contributed by atoms with Crippen molar-refractivity contribution in [3.8, 4) is 0 Å². The van der Waals surface area contributed by atoms with E-state index in [4.69, 9.17) is 4.74 Å². The van der Waals surface area contributed by atoms with Crippen LogP contribution >= 0.6 is 11.8 Å². The maximum Gasteiger partial charge on any atom is 0.195 e. The topological polar surface area (TPSA) is 21.6 Å². The summed E-state index contributed by atoms with van der Waals surface area (Å²) < 4.78 is 5.69. The van der Waals surface area contributed by atoms with Crippen LogP contribution in [0.2, 0.25) is 0 Å². The van der Waals surface area contributed by atoms with Crippen LogP contribution in [-0.2, 0) is 4.74 Å². The number of nitrogens with zero attached hydrogens (tertiary/aromatic N) is 1. The molecule has 0 aromatic rings. The molecule has 0 aromatic carbocycles. The summed E-state index contributed by atoms with van der Waals surface area (Å²) in [5, 5.41) is 0. The summed E-state index contributed by atoms with van der Waals surface area (Å²) in [5.41, 5.74) is 0. The molecule has 3 heteroatoms. The van der Waals surface area contributed by atoms with Gasteiger partial charge in [0.2, 0.25) is 0 Å². The fraction of sp³-hybridized carbons (Fsp3) is 0.583. The number of hydrogen-bond donors (Lipinski definition) is 0. The van der Waals surface area contributed by atoms with Crippen LogP contribution in [0.15, 0.2) is 28.1 Å². The fourth-order valence-electron chi connectivity index (χ4n) is 1.78. The minimum Gasteiger partial charge on any atom is -0.478 e. The average Bonchev–Trinajstić information content (AvgIpc) is 2.85. The molecule has 0 bridgehead atoms. The minimum atomic E-state index is 0.281. The largest absolute Gasteiger partial charge is 0.478 e. The summed E-state index contributed by atoms with van der Waals surface area (Å²) in [5.74, 6) is 1.75. The van der Waals surface area contributed by atoms with Crippen molar-refractivity contribution in [1.29, 1.82) is 0 Å². The van der Waals surface area contributed by atoms with Gasteiger partial charge in [-0.05, 0) is 12.2 Å². The molecule has 0 saturated heterocycles. The second-order valence-electron chi connectivity index (χ2n) is 4.23. The van der Waals surface area contributed by atoms with Crippen molar-refractivity contribution in [2.45, 2.75) is 19.9 Å². The molecule has 0 radical (unpaired) electrons. The van der Waals surface area contributed by atoms with E-state index < -0.39 is 0 Å². The smallest absolute Gasteiger partial charge is 0.195 e. The molecule has 0 aromatic heterocycles. The van der Waals surface area contributed by atoms with Crippen LogP contribution in [0, 0.1) is 11.8 Å². The highest BCUT2D eigenvalue weighted by Crippen LogP contribution is 2.31. The van der Waals surface area contributed by atoms with Crippen molar-refractivity contribution in [1.82, 2.24) is 0 Å². The normalized spacial score (nSPS) is 29.3. The molecule has 1 unspecified atom stereocenters. The lowest BCUT2D eigenvalue weighted by Crippen LogP contribution is -2.13. The minimum absolute atomic E-state index is 0.281. The van der Waals surface area contributed by atoms with Crippen molar-refractivity contribution in [3.63, 3.8) is 0 Å². The van der Waals surface area contributed by atoms with Gasteiger partial charge in [-0.2, -0.15) is 0 Å². The lowest BCUT2D eigenvalue weighted by molar-refractivity contribution is 0.284. The monoisotopic (exact) mass is 223 g/mol. The number of thioether (sulfide) groups is 1. The summed E-state index contributed by atoms with van der Waals surface area (Å²) in [6.45, 7) is 5.13. The van der Waals surface area contributed by atoms with Crippen molar-refractivity contribution < 1.29 is 4.74 Å². The van der Waals surface area contributed by atoms with E-state index in [0.29, 0.717) is 12.0 Å². The van der Waals surface area contributed by atoms with Crippen molar-refractivity contribution in [2.75, 3.05) is 12.9 Å². The van der Waals surface area contributed by atoms with Crippen molar-refractivity contribution in [2.24, 2.45) is 16.8 Å². The van der Waals surface area contributed by atoms with Crippen LogP contribution in [0.4, 0.5) is 0 Å². The first kappa shape index (κ1) is 10.8. The van der Waals surface area contributed by atoms with E-state index in [-0.39, 0.29) is 5.92 Å². The molecule has 2 atom stereocenters. The van der Waals surface area contributed by atoms with Gasteiger partial charge in [0.1, 0.15) is 6.61 Å². The Labute approximate surface area is 95.5 Å². The van der Waals surface area contributed by atoms with Gasteiger partial charge in [-0.25, -0.2) is 4.99 Å². The van der Waals surface area contributed by atoms with Gasteiger partial charge in [-0.15, -0.1) is 11.8 Å². The molecule has 0 amide bonds. The number of aliphatic imine (C=N–C) groups is 1. The van der Waals surface area contributed by atoms with Gasteiger partial charge in [0.15, 0.2) is 5.90 Å². The predicted octanol–water partition coefficient (Wildman–Crippen LogP) is 2.87. The lowest BCUT2D eigenvalue weighted by Gasteiger charge is -2.10. The van der Waals surface area contributed by atoms with E-state index in [1.54, 1.807) is 11.8 Å². The second kappa shape index (κ2) is 4.44. The summed E-state index contributed by atoms with van der Waals surface area (Å²) in [6, 6.07) is 0.345. The van der Waals surface area contributed by atoms with Crippen LogP contribution in [-0.4, -0.2) is 24.8 Å². The number of allylic oxidation sites excluding steroid dienone is 2. The zero-order valence-corrected chi connectivity index (χ0v) is 10.3.